The van der Waals surface area contributed by atoms with Gasteiger partial charge in [0.1, 0.15) is 0 Å². The van der Waals surface area contributed by atoms with Crippen LogP contribution in [0.4, 0.5) is 5.69 Å². The summed E-state index contributed by atoms with van der Waals surface area (Å²) in [6, 6.07) is 14.5. The molecule has 1 atom stereocenters. The summed E-state index contributed by atoms with van der Waals surface area (Å²) in [6.07, 6.45) is 2.50. The lowest BCUT2D eigenvalue weighted by atomic mass is 10.0. The van der Waals surface area contributed by atoms with Crippen molar-refractivity contribution in [3.63, 3.8) is 0 Å². The molecule has 0 bridgehead atoms. The number of amides is 1. The molecule has 31 heavy (non-hydrogen) atoms. The Bertz CT molecular complexity index is 980. The van der Waals surface area contributed by atoms with Crippen LogP contribution < -0.4 is 10.5 Å². The van der Waals surface area contributed by atoms with Crippen LogP contribution in [0.5, 0.6) is 0 Å². The third-order valence-corrected chi connectivity index (χ3v) is 7.13. The van der Waals surface area contributed by atoms with E-state index in [1.165, 1.54) is 32.0 Å². The van der Waals surface area contributed by atoms with Crippen LogP contribution in [0.3, 0.4) is 0 Å². The molecular weight excluding hydrogens is 436 g/mol. The van der Waals surface area contributed by atoms with Gasteiger partial charge in [0, 0.05) is 19.3 Å². The highest BCUT2D eigenvalue weighted by Crippen LogP contribution is 2.25. The minimum absolute atomic E-state index is 0. The Morgan fingerprint density at radius 2 is 1.81 bits per heavy atom. The number of hydrogen-bond acceptors (Lipinski definition) is 5. The first kappa shape index (κ1) is 25.1. The highest BCUT2D eigenvalue weighted by atomic mass is 35.5. The van der Waals surface area contributed by atoms with Gasteiger partial charge < -0.3 is 15.5 Å². The fourth-order valence-electron chi connectivity index (χ4n) is 3.82. The summed E-state index contributed by atoms with van der Waals surface area (Å²) < 4.78 is 26.2. The Labute approximate surface area is 191 Å². The van der Waals surface area contributed by atoms with Crippen molar-refractivity contribution in [2.75, 3.05) is 39.5 Å². The number of nitrogens with zero attached hydrogens (tertiary/aromatic N) is 2. The van der Waals surface area contributed by atoms with Gasteiger partial charge in [0.2, 0.25) is 15.9 Å². The Balaban J connectivity index is 0.00000341. The molecule has 1 saturated heterocycles. The van der Waals surface area contributed by atoms with E-state index < -0.39 is 10.0 Å². The number of nitrogens with two attached hydrogens (primary N) is 1. The summed E-state index contributed by atoms with van der Waals surface area (Å²) in [5, 5.41) is 0. The van der Waals surface area contributed by atoms with Crippen LogP contribution in [0.25, 0.3) is 0 Å². The van der Waals surface area contributed by atoms with Crippen LogP contribution in [0, 0.1) is 0 Å². The highest BCUT2D eigenvalue weighted by molar-refractivity contribution is 7.89. The van der Waals surface area contributed by atoms with Gasteiger partial charge in [-0.05, 0) is 56.2 Å². The van der Waals surface area contributed by atoms with Gasteiger partial charge in [0.05, 0.1) is 17.4 Å². The molecule has 0 spiro atoms. The van der Waals surface area contributed by atoms with E-state index in [4.69, 9.17) is 5.73 Å². The van der Waals surface area contributed by atoms with E-state index >= 15 is 0 Å². The molecule has 2 aromatic rings. The van der Waals surface area contributed by atoms with Crippen molar-refractivity contribution in [2.24, 2.45) is 0 Å². The Kier molecular flexibility index (Phi) is 8.88. The van der Waals surface area contributed by atoms with Crippen molar-refractivity contribution in [3.8, 4) is 0 Å². The van der Waals surface area contributed by atoms with Crippen LogP contribution in [0.15, 0.2) is 53.4 Å². The second-order valence-electron chi connectivity index (χ2n) is 7.68. The van der Waals surface area contributed by atoms with Crippen LogP contribution in [-0.4, -0.2) is 57.9 Å². The number of sulfonamides is 1. The zero-order valence-electron chi connectivity index (χ0n) is 18.0. The van der Waals surface area contributed by atoms with Gasteiger partial charge in [-0.2, -0.15) is 0 Å². The minimum Gasteiger partial charge on any atom is -0.398 e. The first-order chi connectivity index (χ1) is 14.3. The molecule has 0 aliphatic carbocycles. The number of carbonyl (C=O) groups is 1. The molecule has 9 heteroatoms. The standard InChI is InChI=1S/C22H30N4O3S.ClH/c1-24-30(28,29)19-11-10-18(20(23)15-19)14-22(27)25(2)21(16-26-12-6-7-13-26)17-8-4-3-5-9-17;/h3-5,8-11,15,21,24H,6-7,12-14,16,23H2,1-2H3;1H/t21-;/m1./s1. The number of nitrogen functional groups attached to an aromatic ring is 1. The molecule has 0 radical (unpaired) electrons. The molecule has 1 heterocycles. The second kappa shape index (κ2) is 10.9. The molecule has 170 valence electrons. The summed E-state index contributed by atoms with van der Waals surface area (Å²) in [5.41, 5.74) is 8.09. The fraction of sp³-hybridized carbons (Fsp3) is 0.409. The number of likely N-dealkylation sites (N-methyl/N-ethyl adjacent to an activating group) is 1. The summed E-state index contributed by atoms with van der Waals surface area (Å²) in [4.78, 5) is 17.4. The van der Waals surface area contributed by atoms with Crippen molar-refractivity contribution in [1.82, 2.24) is 14.5 Å². The summed E-state index contributed by atoms with van der Waals surface area (Å²) in [6.45, 7) is 2.90. The Morgan fingerprint density at radius 1 is 1.16 bits per heavy atom. The van der Waals surface area contributed by atoms with Crippen LogP contribution in [-0.2, 0) is 21.2 Å². The normalized spacial score (nSPS) is 15.3. The lowest BCUT2D eigenvalue weighted by molar-refractivity contribution is -0.131. The van der Waals surface area contributed by atoms with E-state index in [1.807, 2.05) is 25.2 Å². The number of nitrogens with one attached hydrogen (secondary N) is 1. The molecule has 0 saturated carbocycles. The first-order valence-corrected chi connectivity index (χ1v) is 11.6. The largest absolute Gasteiger partial charge is 0.398 e. The zero-order chi connectivity index (χ0) is 21.7. The third-order valence-electron chi connectivity index (χ3n) is 5.71. The molecular formula is C22H31ClN4O3S. The van der Waals surface area contributed by atoms with E-state index in [9.17, 15) is 13.2 Å². The SMILES string of the molecule is CNS(=O)(=O)c1ccc(CC(=O)N(C)[C@H](CN2CCCC2)c2ccccc2)c(N)c1.Cl. The van der Waals surface area contributed by atoms with Gasteiger partial charge in [0.25, 0.3) is 0 Å². The number of likely N-dealkylation sites (tertiary alicyclic amines) is 1. The van der Waals surface area contributed by atoms with Crippen molar-refractivity contribution >= 4 is 34.0 Å². The number of rotatable bonds is 8. The summed E-state index contributed by atoms with van der Waals surface area (Å²) in [7, 11) is -0.401. The predicted octanol–water partition coefficient (Wildman–Crippen LogP) is 2.44. The lowest BCUT2D eigenvalue weighted by Crippen LogP contribution is -2.39. The maximum Gasteiger partial charge on any atom is 0.240 e. The van der Waals surface area contributed by atoms with Crippen LogP contribution in [0.1, 0.15) is 30.0 Å². The number of halogens is 1. The van der Waals surface area contributed by atoms with E-state index in [0.29, 0.717) is 11.3 Å². The molecule has 1 amide bonds. The molecule has 1 aliphatic rings. The van der Waals surface area contributed by atoms with Crippen molar-refractivity contribution in [1.29, 1.82) is 0 Å². The van der Waals surface area contributed by atoms with Gasteiger partial charge in [-0.15, -0.1) is 12.4 Å². The zero-order valence-corrected chi connectivity index (χ0v) is 19.6. The average Bonchev–Trinajstić information content (AvgIpc) is 3.26. The Morgan fingerprint density at radius 3 is 2.39 bits per heavy atom. The maximum absolute atomic E-state index is 13.1. The van der Waals surface area contributed by atoms with E-state index in [1.54, 1.807) is 11.0 Å². The number of carbonyl (C=O) groups excluding carboxylic acids is 1. The van der Waals surface area contributed by atoms with Gasteiger partial charge in [-0.25, -0.2) is 13.1 Å². The van der Waals surface area contributed by atoms with Crippen molar-refractivity contribution in [3.05, 3.63) is 59.7 Å². The van der Waals surface area contributed by atoms with E-state index in [-0.39, 0.29) is 35.7 Å². The number of benzene rings is 2. The van der Waals surface area contributed by atoms with Crippen molar-refractivity contribution in [2.45, 2.75) is 30.2 Å². The highest BCUT2D eigenvalue weighted by Gasteiger charge is 2.26. The third kappa shape index (κ3) is 6.20. The molecule has 1 fully saturated rings. The lowest BCUT2D eigenvalue weighted by Gasteiger charge is -2.32. The molecule has 3 rings (SSSR count). The minimum atomic E-state index is -3.58. The molecule has 2 aromatic carbocycles. The molecule has 1 aliphatic heterocycles. The van der Waals surface area contributed by atoms with Crippen molar-refractivity contribution < 1.29 is 13.2 Å². The van der Waals surface area contributed by atoms with Gasteiger partial charge in [-0.3, -0.25) is 4.79 Å². The number of anilines is 1. The summed E-state index contributed by atoms with van der Waals surface area (Å²) in [5.74, 6) is -0.0565. The smallest absolute Gasteiger partial charge is 0.240 e. The maximum atomic E-state index is 13.1. The van der Waals surface area contributed by atoms with Crippen LogP contribution >= 0.6 is 12.4 Å². The number of hydrogen-bond donors (Lipinski definition) is 2. The van der Waals surface area contributed by atoms with Gasteiger partial charge in [-0.1, -0.05) is 36.4 Å². The molecule has 3 N–H and O–H groups in total. The fourth-order valence-corrected chi connectivity index (χ4v) is 4.58. The molecule has 0 unspecified atom stereocenters. The molecule has 0 aromatic heterocycles. The van der Waals surface area contributed by atoms with E-state index in [0.717, 1.165) is 25.2 Å². The average molecular weight is 467 g/mol. The first-order valence-electron chi connectivity index (χ1n) is 10.2. The monoisotopic (exact) mass is 466 g/mol. The second-order valence-corrected chi connectivity index (χ2v) is 9.57. The quantitative estimate of drug-likeness (QED) is 0.582. The van der Waals surface area contributed by atoms with E-state index in [2.05, 4.69) is 21.8 Å². The summed E-state index contributed by atoms with van der Waals surface area (Å²) >= 11 is 0. The van der Waals surface area contributed by atoms with Crippen LogP contribution in [0.2, 0.25) is 0 Å². The van der Waals surface area contributed by atoms with Gasteiger partial charge >= 0.3 is 0 Å². The predicted molar refractivity (Wildman–Crippen MR) is 126 cm³/mol. The molecule has 7 nitrogen and oxygen atoms in total. The van der Waals surface area contributed by atoms with Gasteiger partial charge in [0.15, 0.2) is 0 Å². The Hall–Kier alpha value is -2.13. The topological polar surface area (TPSA) is 95.7 Å².